The molecule has 0 bridgehead atoms. The zero-order chi connectivity index (χ0) is 20.6. The molecule has 0 spiro atoms. The van der Waals surface area contributed by atoms with Gasteiger partial charge in [-0.1, -0.05) is 36.4 Å². The third-order valence-corrected chi connectivity index (χ3v) is 3.97. The maximum atomic E-state index is 9.36. The van der Waals surface area contributed by atoms with Crippen LogP contribution in [0.1, 0.15) is 5.56 Å². The molecule has 0 saturated carbocycles. The molecule has 148 valence electrons. The molecule has 1 heterocycles. The van der Waals surface area contributed by atoms with Crippen LogP contribution in [-0.2, 0) is 0 Å². The molecule has 3 aromatic carbocycles. The van der Waals surface area contributed by atoms with Gasteiger partial charge < -0.3 is 15.7 Å². The number of para-hydroxylation sites is 2. The van der Waals surface area contributed by atoms with E-state index in [1.807, 2.05) is 60.7 Å². The smallest absolute Gasteiger partial charge is 0.250 e. The van der Waals surface area contributed by atoms with Crippen LogP contribution in [0.3, 0.4) is 0 Å². The fraction of sp³-hybridized carbons (Fsp3) is 0. The van der Waals surface area contributed by atoms with E-state index in [0.717, 1.165) is 16.9 Å². The number of benzene rings is 3. The van der Waals surface area contributed by atoms with E-state index < -0.39 is 0 Å². The first-order chi connectivity index (χ1) is 14.7. The number of rotatable bonds is 7. The van der Waals surface area contributed by atoms with Crippen molar-refractivity contribution in [3.8, 4) is 5.75 Å². The predicted molar refractivity (Wildman–Crippen MR) is 119 cm³/mol. The Balaban J connectivity index is 1.56. The van der Waals surface area contributed by atoms with E-state index in [1.165, 1.54) is 0 Å². The molecule has 0 atom stereocenters. The summed E-state index contributed by atoms with van der Waals surface area (Å²) in [6, 6.07) is 25.9. The molecule has 30 heavy (non-hydrogen) atoms. The Morgan fingerprint density at radius 3 is 1.67 bits per heavy atom. The number of phenols is 1. The summed E-state index contributed by atoms with van der Waals surface area (Å²) in [4.78, 5) is 13.2. The molecule has 0 unspecified atom stereocenters. The Labute approximate surface area is 173 Å². The van der Waals surface area contributed by atoms with Gasteiger partial charge in [0.05, 0.1) is 6.21 Å². The number of hydrogen-bond donors (Lipinski definition) is 4. The lowest BCUT2D eigenvalue weighted by molar-refractivity contribution is 0.475. The second kappa shape index (κ2) is 9.16. The summed E-state index contributed by atoms with van der Waals surface area (Å²) in [5.41, 5.74) is 5.35. The monoisotopic (exact) mass is 397 g/mol. The maximum Gasteiger partial charge on any atom is 0.250 e. The number of nitrogens with zero attached hydrogens (tertiary/aromatic N) is 4. The highest BCUT2D eigenvalue weighted by atomic mass is 16.3. The van der Waals surface area contributed by atoms with Gasteiger partial charge in [0.15, 0.2) is 0 Å². The van der Waals surface area contributed by atoms with Gasteiger partial charge in [-0.05, 0) is 54.1 Å². The Morgan fingerprint density at radius 2 is 1.13 bits per heavy atom. The number of aromatic nitrogens is 3. The molecule has 0 saturated heterocycles. The van der Waals surface area contributed by atoms with E-state index in [9.17, 15) is 5.11 Å². The molecule has 0 aliphatic heterocycles. The molecule has 4 N–H and O–H groups in total. The van der Waals surface area contributed by atoms with Crippen molar-refractivity contribution in [1.29, 1.82) is 0 Å². The summed E-state index contributed by atoms with van der Waals surface area (Å²) < 4.78 is 0. The Bertz CT molecular complexity index is 1060. The molecule has 8 nitrogen and oxygen atoms in total. The quantitative estimate of drug-likeness (QED) is 0.268. The first-order valence-corrected chi connectivity index (χ1v) is 9.23. The fourth-order valence-corrected chi connectivity index (χ4v) is 2.56. The van der Waals surface area contributed by atoms with E-state index >= 15 is 0 Å². The van der Waals surface area contributed by atoms with Crippen molar-refractivity contribution >= 4 is 35.4 Å². The molecule has 4 aromatic rings. The summed E-state index contributed by atoms with van der Waals surface area (Å²) in [5.74, 6) is 1.22. The SMILES string of the molecule is Oc1ccc(C=NNc2nc(Nc3ccccc3)nc(Nc3ccccc3)n2)cc1. The molecular formula is C22H19N7O. The number of aromatic hydroxyl groups is 1. The molecule has 0 radical (unpaired) electrons. The lowest BCUT2D eigenvalue weighted by atomic mass is 10.2. The van der Waals surface area contributed by atoms with Crippen LogP contribution >= 0.6 is 0 Å². The lowest BCUT2D eigenvalue weighted by Gasteiger charge is -2.10. The molecule has 8 heteroatoms. The van der Waals surface area contributed by atoms with Crippen LogP contribution in [-0.4, -0.2) is 26.3 Å². The molecule has 0 aliphatic rings. The normalized spacial score (nSPS) is 10.7. The van der Waals surface area contributed by atoms with Crippen LogP contribution in [0.15, 0.2) is 90.0 Å². The van der Waals surface area contributed by atoms with Gasteiger partial charge in [0.25, 0.3) is 0 Å². The van der Waals surface area contributed by atoms with Crippen molar-refractivity contribution in [2.75, 3.05) is 16.1 Å². The van der Waals surface area contributed by atoms with Crippen molar-refractivity contribution in [3.63, 3.8) is 0 Å². The van der Waals surface area contributed by atoms with Crippen LogP contribution in [0.5, 0.6) is 5.75 Å². The summed E-state index contributed by atoms with van der Waals surface area (Å²) in [5, 5.41) is 19.9. The van der Waals surface area contributed by atoms with Gasteiger partial charge >= 0.3 is 0 Å². The van der Waals surface area contributed by atoms with Crippen molar-refractivity contribution in [2.45, 2.75) is 0 Å². The van der Waals surface area contributed by atoms with Crippen molar-refractivity contribution < 1.29 is 5.11 Å². The van der Waals surface area contributed by atoms with E-state index in [0.29, 0.717) is 11.9 Å². The third-order valence-electron chi connectivity index (χ3n) is 3.97. The minimum Gasteiger partial charge on any atom is -0.508 e. The van der Waals surface area contributed by atoms with Crippen molar-refractivity contribution in [1.82, 2.24) is 15.0 Å². The molecular weight excluding hydrogens is 378 g/mol. The van der Waals surface area contributed by atoms with Crippen LogP contribution < -0.4 is 16.1 Å². The van der Waals surface area contributed by atoms with E-state index in [1.54, 1.807) is 30.5 Å². The average molecular weight is 397 g/mol. The summed E-state index contributed by atoms with van der Waals surface area (Å²) in [6.07, 6.45) is 1.61. The minimum atomic E-state index is 0.200. The number of phenolic OH excluding ortho intramolecular Hbond substituents is 1. The first-order valence-electron chi connectivity index (χ1n) is 9.23. The average Bonchev–Trinajstić information content (AvgIpc) is 2.76. The Kier molecular flexibility index (Phi) is 5.76. The van der Waals surface area contributed by atoms with Crippen LogP contribution in [0, 0.1) is 0 Å². The highest BCUT2D eigenvalue weighted by Gasteiger charge is 2.07. The Hall–Kier alpha value is -4.46. The topological polar surface area (TPSA) is 107 Å². The van der Waals surface area contributed by atoms with Gasteiger partial charge in [-0.15, -0.1) is 0 Å². The highest BCUT2D eigenvalue weighted by molar-refractivity contribution is 5.80. The van der Waals surface area contributed by atoms with E-state index in [-0.39, 0.29) is 11.7 Å². The lowest BCUT2D eigenvalue weighted by Crippen LogP contribution is -2.07. The fourth-order valence-electron chi connectivity index (χ4n) is 2.56. The zero-order valence-corrected chi connectivity index (χ0v) is 15.9. The summed E-state index contributed by atoms with van der Waals surface area (Å²) in [7, 11) is 0. The third kappa shape index (κ3) is 5.29. The molecule has 0 fully saturated rings. The highest BCUT2D eigenvalue weighted by Crippen LogP contribution is 2.18. The molecule has 1 aromatic heterocycles. The first kappa shape index (κ1) is 18.9. The van der Waals surface area contributed by atoms with Crippen molar-refractivity contribution in [3.05, 3.63) is 90.5 Å². The second-order valence-electron chi connectivity index (χ2n) is 6.25. The van der Waals surface area contributed by atoms with Gasteiger partial charge in [0.1, 0.15) is 5.75 Å². The van der Waals surface area contributed by atoms with Crippen LogP contribution in [0.4, 0.5) is 29.2 Å². The van der Waals surface area contributed by atoms with Gasteiger partial charge in [-0.2, -0.15) is 20.1 Å². The predicted octanol–water partition coefficient (Wildman–Crippen LogP) is 4.51. The van der Waals surface area contributed by atoms with Gasteiger partial charge in [-0.3, -0.25) is 0 Å². The van der Waals surface area contributed by atoms with Crippen LogP contribution in [0.25, 0.3) is 0 Å². The van der Waals surface area contributed by atoms with Crippen LogP contribution in [0.2, 0.25) is 0 Å². The van der Waals surface area contributed by atoms with E-state index in [4.69, 9.17) is 0 Å². The van der Waals surface area contributed by atoms with Crippen molar-refractivity contribution in [2.24, 2.45) is 5.10 Å². The zero-order valence-electron chi connectivity index (χ0n) is 15.9. The number of hydrazone groups is 1. The summed E-state index contributed by atoms with van der Waals surface area (Å²) >= 11 is 0. The maximum absolute atomic E-state index is 9.36. The Morgan fingerprint density at radius 1 is 0.633 bits per heavy atom. The molecule has 4 rings (SSSR count). The van der Waals surface area contributed by atoms with Gasteiger partial charge in [0.2, 0.25) is 17.8 Å². The van der Waals surface area contributed by atoms with Gasteiger partial charge in [-0.25, -0.2) is 5.43 Å². The largest absolute Gasteiger partial charge is 0.508 e. The molecule has 0 amide bonds. The summed E-state index contributed by atoms with van der Waals surface area (Å²) in [6.45, 7) is 0. The standard InChI is InChI=1S/C22H19N7O/c30-19-13-11-16(12-14-19)15-23-29-22-27-20(24-17-7-3-1-4-8-17)26-21(28-22)25-18-9-5-2-6-10-18/h1-15,30H,(H3,24,25,26,27,28,29). The number of anilines is 5. The van der Waals surface area contributed by atoms with E-state index in [2.05, 4.69) is 36.1 Å². The minimum absolute atomic E-state index is 0.200. The van der Waals surface area contributed by atoms with Gasteiger partial charge in [0, 0.05) is 11.4 Å². The second-order valence-corrected chi connectivity index (χ2v) is 6.25. The number of nitrogens with one attached hydrogen (secondary N) is 3. The molecule has 0 aliphatic carbocycles. The number of hydrogen-bond acceptors (Lipinski definition) is 8.